The number of aliphatic hydroxyl groups excluding tert-OH is 1. The van der Waals surface area contributed by atoms with Gasteiger partial charge in [0.2, 0.25) is 0 Å². The van der Waals surface area contributed by atoms with Gasteiger partial charge in [0.25, 0.3) is 0 Å². The van der Waals surface area contributed by atoms with E-state index in [-0.39, 0.29) is 11.3 Å². The lowest BCUT2D eigenvalue weighted by molar-refractivity contribution is -0.138. The molecule has 0 bridgehead atoms. The van der Waals surface area contributed by atoms with Crippen molar-refractivity contribution in [1.29, 1.82) is 0 Å². The third-order valence-electron chi connectivity index (χ3n) is 2.38. The summed E-state index contributed by atoms with van der Waals surface area (Å²) >= 11 is 3.17. The van der Waals surface area contributed by atoms with Gasteiger partial charge < -0.3 is 5.11 Å². The smallest absolute Gasteiger partial charge is 0.392 e. The van der Waals surface area contributed by atoms with Crippen molar-refractivity contribution in [1.82, 2.24) is 9.78 Å². The van der Waals surface area contributed by atoms with E-state index in [2.05, 4.69) is 21.0 Å². The van der Waals surface area contributed by atoms with E-state index in [1.54, 1.807) is 6.20 Å². The largest absolute Gasteiger partial charge is 0.416 e. The second-order valence-corrected chi connectivity index (χ2v) is 4.52. The van der Waals surface area contributed by atoms with Crippen LogP contribution in [-0.4, -0.2) is 14.9 Å². The molecule has 1 aromatic carbocycles. The zero-order valence-electron chi connectivity index (χ0n) is 8.95. The monoisotopic (exact) mass is 320 g/mol. The summed E-state index contributed by atoms with van der Waals surface area (Å²) in [5, 5.41) is 12.8. The number of benzene rings is 1. The first kappa shape index (κ1) is 13.1. The van der Waals surface area contributed by atoms with Gasteiger partial charge in [-0.1, -0.05) is 6.07 Å². The van der Waals surface area contributed by atoms with Crippen molar-refractivity contribution in [3.05, 3.63) is 46.2 Å². The molecule has 96 valence electrons. The minimum atomic E-state index is -4.50. The van der Waals surface area contributed by atoms with Crippen LogP contribution >= 0.6 is 15.9 Å². The van der Waals surface area contributed by atoms with E-state index >= 15 is 0 Å². The molecule has 0 saturated heterocycles. The molecule has 1 aromatic heterocycles. The number of nitrogens with zero attached hydrogens (tertiary/aromatic N) is 2. The number of hydrogen-bond donors (Lipinski definition) is 1. The molecule has 7 heteroatoms. The highest BCUT2D eigenvalue weighted by atomic mass is 79.9. The molecule has 0 unspecified atom stereocenters. The lowest BCUT2D eigenvalue weighted by atomic mass is 10.1. The molecule has 0 atom stereocenters. The highest BCUT2D eigenvalue weighted by Crippen LogP contribution is 2.33. The Morgan fingerprint density at radius 3 is 2.56 bits per heavy atom. The first-order valence-corrected chi connectivity index (χ1v) is 5.72. The zero-order valence-corrected chi connectivity index (χ0v) is 10.5. The van der Waals surface area contributed by atoms with E-state index < -0.39 is 18.3 Å². The van der Waals surface area contributed by atoms with Gasteiger partial charge in [-0.05, 0) is 33.6 Å². The van der Waals surface area contributed by atoms with Crippen molar-refractivity contribution in [3.8, 4) is 5.69 Å². The van der Waals surface area contributed by atoms with Gasteiger partial charge >= 0.3 is 6.18 Å². The number of halogens is 4. The molecule has 0 aliphatic carbocycles. The van der Waals surface area contributed by atoms with Crippen LogP contribution in [0.3, 0.4) is 0 Å². The molecule has 0 amide bonds. The Morgan fingerprint density at radius 2 is 2.06 bits per heavy atom. The van der Waals surface area contributed by atoms with Crippen LogP contribution in [0, 0.1) is 0 Å². The summed E-state index contributed by atoms with van der Waals surface area (Å²) in [6.07, 6.45) is -1.47. The van der Waals surface area contributed by atoms with E-state index in [0.717, 1.165) is 6.07 Å². The number of alkyl halides is 3. The summed E-state index contributed by atoms with van der Waals surface area (Å²) in [6, 6.07) is 3.68. The van der Waals surface area contributed by atoms with Gasteiger partial charge in [0.15, 0.2) is 0 Å². The van der Waals surface area contributed by atoms with E-state index in [1.807, 2.05) is 0 Å². The normalized spacial score (nSPS) is 11.8. The quantitative estimate of drug-likeness (QED) is 0.923. The van der Waals surface area contributed by atoms with Gasteiger partial charge in [0.1, 0.15) is 0 Å². The third kappa shape index (κ3) is 2.56. The van der Waals surface area contributed by atoms with Crippen LogP contribution in [0.2, 0.25) is 0 Å². The van der Waals surface area contributed by atoms with Crippen LogP contribution in [0.4, 0.5) is 13.2 Å². The molecule has 3 nitrogen and oxygen atoms in total. The summed E-state index contributed by atoms with van der Waals surface area (Å²) < 4.78 is 40.3. The van der Waals surface area contributed by atoms with Crippen LogP contribution < -0.4 is 0 Å². The minimum Gasteiger partial charge on any atom is -0.392 e. The van der Waals surface area contributed by atoms with Crippen molar-refractivity contribution in [2.45, 2.75) is 12.8 Å². The molecule has 0 fully saturated rings. The average Bonchev–Trinajstić information content (AvgIpc) is 2.74. The molecule has 0 aliphatic rings. The van der Waals surface area contributed by atoms with Crippen molar-refractivity contribution in [2.24, 2.45) is 0 Å². The first-order valence-electron chi connectivity index (χ1n) is 4.93. The van der Waals surface area contributed by atoms with Gasteiger partial charge in [-0.2, -0.15) is 18.3 Å². The third-order valence-corrected chi connectivity index (χ3v) is 2.79. The fourth-order valence-corrected chi connectivity index (χ4v) is 1.84. The maximum atomic E-state index is 12.8. The second kappa shape index (κ2) is 4.74. The van der Waals surface area contributed by atoms with Crippen molar-refractivity contribution in [2.75, 3.05) is 0 Å². The van der Waals surface area contributed by atoms with Crippen LogP contribution in [0.25, 0.3) is 5.69 Å². The summed E-state index contributed by atoms with van der Waals surface area (Å²) in [6.45, 7) is -0.655. The van der Waals surface area contributed by atoms with Crippen molar-refractivity contribution in [3.63, 3.8) is 0 Å². The molecule has 0 radical (unpaired) electrons. The fourth-order valence-electron chi connectivity index (χ4n) is 1.55. The maximum Gasteiger partial charge on any atom is 0.416 e. The minimum absolute atomic E-state index is 0.155. The Hall–Kier alpha value is -1.34. The molecular formula is C11H8BrF3N2O. The number of aliphatic hydroxyl groups is 1. The topological polar surface area (TPSA) is 38.0 Å². The lowest BCUT2D eigenvalue weighted by Gasteiger charge is -2.13. The molecule has 2 rings (SSSR count). The summed E-state index contributed by atoms with van der Waals surface area (Å²) in [5.74, 6) is 0. The van der Waals surface area contributed by atoms with Crippen molar-refractivity contribution >= 4 is 15.9 Å². The summed E-state index contributed by atoms with van der Waals surface area (Å²) in [5.41, 5.74) is -0.725. The van der Waals surface area contributed by atoms with Gasteiger partial charge in [-0.15, -0.1) is 0 Å². The maximum absolute atomic E-state index is 12.8. The molecule has 0 aliphatic heterocycles. The Morgan fingerprint density at radius 1 is 1.33 bits per heavy atom. The van der Waals surface area contributed by atoms with Crippen LogP contribution in [0.5, 0.6) is 0 Å². The highest BCUT2D eigenvalue weighted by Gasteiger charge is 2.33. The summed E-state index contributed by atoms with van der Waals surface area (Å²) in [4.78, 5) is 0. The molecule has 0 saturated carbocycles. The fraction of sp³-hybridized carbons (Fsp3) is 0.182. The highest BCUT2D eigenvalue weighted by molar-refractivity contribution is 9.10. The predicted octanol–water partition coefficient (Wildman–Crippen LogP) is 3.15. The zero-order chi connectivity index (χ0) is 13.3. The SMILES string of the molecule is OCc1ccc(-n2cc(Br)cn2)cc1C(F)(F)F. The molecule has 2 aromatic rings. The number of rotatable bonds is 2. The standard InChI is InChI=1S/C11H8BrF3N2O/c12-8-4-16-17(5-8)9-2-1-7(6-18)10(3-9)11(13,14)15/h1-5,18H,6H2. The lowest BCUT2D eigenvalue weighted by Crippen LogP contribution is -2.10. The molecule has 1 N–H and O–H groups in total. The van der Waals surface area contributed by atoms with E-state index in [4.69, 9.17) is 5.11 Å². The van der Waals surface area contributed by atoms with Crippen LogP contribution in [-0.2, 0) is 12.8 Å². The Labute approximate surface area is 109 Å². The van der Waals surface area contributed by atoms with Crippen LogP contribution in [0.15, 0.2) is 35.1 Å². The first-order chi connectivity index (χ1) is 8.41. The van der Waals surface area contributed by atoms with Gasteiger partial charge in [-0.25, -0.2) is 4.68 Å². The molecular weight excluding hydrogens is 313 g/mol. The molecule has 18 heavy (non-hydrogen) atoms. The second-order valence-electron chi connectivity index (χ2n) is 3.60. The average molecular weight is 321 g/mol. The van der Waals surface area contributed by atoms with E-state index in [9.17, 15) is 13.2 Å². The predicted molar refractivity (Wildman–Crippen MR) is 62.2 cm³/mol. The van der Waals surface area contributed by atoms with Gasteiger partial charge in [-0.3, -0.25) is 0 Å². The number of hydrogen-bond acceptors (Lipinski definition) is 2. The molecule has 1 heterocycles. The summed E-state index contributed by atoms with van der Waals surface area (Å²) in [7, 11) is 0. The Balaban J connectivity index is 2.52. The molecule has 0 spiro atoms. The van der Waals surface area contributed by atoms with Crippen molar-refractivity contribution < 1.29 is 18.3 Å². The number of aromatic nitrogens is 2. The van der Waals surface area contributed by atoms with E-state index in [0.29, 0.717) is 4.47 Å². The van der Waals surface area contributed by atoms with E-state index in [1.165, 1.54) is 23.0 Å². The van der Waals surface area contributed by atoms with Crippen LogP contribution in [0.1, 0.15) is 11.1 Å². The van der Waals surface area contributed by atoms with Gasteiger partial charge in [0, 0.05) is 6.20 Å². The Bertz CT molecular complexity index is 566. The van der Waals surface area contributed by atoms with Gasteiger partial charge in [0.05, 0.1) is 28.5 Å². The Kier molecular flexibility index (Phi) is 3.45.